The van der Waals surface area contributed by atoms with E-state index in [0.29, 0.717) is 17.1 Å². The summed E-state index contributed by atoms with van der Waals surface area (Å²) in [5, 5.41) is 3.03. The van der Waals surface area contributed by atoms with Gasteiger partial charge in [0.25, 0.3) is 0 Å². The maximum atomic E-state index is 2.35. The number of allylic oxidation sites excluding steroid dienone is 4. The van der Waals surface area contributed by atoms with E-state index >= 15 is 0 Å². The SMILES string of the molecule is CC(C)C1=CSC2C=CC=CC12. The summed E-state index contributed by atoms with van der Waals surface area (Å²) in [4.78, 5) is 0. The molecule has 0 N–H and O–H groups in total. The molecular weight excluding hydrogens is 164 g/mol. The predicted octanol–water partition coefficient (Wildman–Crippen LogP) is 3.38. The van der Waals surface area contributed by atoms with Gasteiger partial charge >= 0.3 is 0 Å². The summed E-state index contributed by atoms with van der Waals surface area (Å²) in [7, 11) is 0. The van der Waals surface area contributed by atoms with Crippen LogP contribution in [0.5, 0.6) is 0 Å². The lowest BCUT2D eigenvalue weighted by Crippen LogP contribution is -2.14. The lowest BCUT2D eigenvalue weighted by Gasteiger charge is -2.20. The van der Waals surface area contributed by atoms with E-state index < -0.39 is 0 Å². The average molecular weight is 178 g/mol. The highest BCUT2D eigenvalue weighted by Crippen LogP contribution is 2.42. The fourth-order valence-electron chi connectivity index (χ4n) is 1.77. The van der Waals surface area contributed by atoms with Gasteiger partial charge in [0.15, 0.2) is 0 Å². The summed E-state index contributed by atoms with van der Waals surface area (Å²) >= 11 is 1.96. The summed E-state index contributed by atoms with van der Waals surface area (Å²) < 4.78 is 0. The zero-order valence-electron chi connectivity index (χ0n) is 7.53. The highest BCUT2D eigenvalue weighted by atomic mass is 32.2. The second-order valence-electron chi connectivity index (χ2n) is 3.67. The largest absolute Gasteiger partial charge is 0.126 e. The van der Waals surface area contributed by atoms with Crippen molar-refractivity contribution >= 4 is 11.8 Å². The van der Waals surface area contributed by atoms with Gasteiger partial charge in [0.05, 0.1) is 0 Å². The van der Waals surface area contributed by atoms with Crippen molar-refractivity contribution in [2.45, 2.75) is 19.1 Å². The third kappa shape index (κ3) is 1.27. The van der Waals surface area contributed by atoms with Crippen LogP contribution >= 0.6 is 11.8 Å². The Morgan fingerprint density at radius 3 is 2.75 bits per heavy atom. The average Bonchev–Trinajstić information content (AvgIpc) is 2.47. The Morgan fingerprint density at radius 2 is 2.00 bits per heavy atom. The van der Waals surface area contributed by atoms with Crippen molar-refractivity contribution in [3.8, 4) is 0 Å². The van der Waals surface area contributed by atoms with E-state index in [9.17, 15) is 0 Å². The van der Waals surface area contributed by atoms with Crippen LogP contribution in [0.2, 0.25) is 0 Å². The maximum absolute atomic E-state index is 2.35. The Morgan fingerprint density at radius 1 is 1.25 bits per heavy atom. The summed E-state index contributed by atoms with van der Waals surface area (Å²) in [6.07, 6.45) is 8.96. The first-order chi connectivity index (χ1) is 5.79. The van der Waals surface area contributed by atoms with Crippen molar-refractivity contribution in [2.24, 2.45) is 11.8 Å². The minimum absolute atomic E-state index is 0.681. The molecule has 0 amide bonds. The molecule has 1 aliphatic heterocycles. The lowest BCUT2D eigenvalue weighted by atomic mass is 9.87. The minimum Gasteiger partial charge on any atom is -0.126 e. The van der Waals surface area contributed by atoms with Crippen LogP contribution in [0.15, 0.2) is 35.3 Å². The van der Waals surface area contributed by atoms with Crippen LogP contribution in [0, 0.1) is 11.8 Å². The fraction of sp³-hybridized carbons (Fsp3) is 0.455. The van der Waals surface area contributed by atoms with Gasteiger partial charge in [-0.3, -0.25) is 0 Å². The van der Waals surface area contributed by atoms with Crippen molar-refractivity contribution in [2.75, 3.05) is 0 Å². The summed E-state index contributed by atoms with van der Waals surface area (Å²) in [6.45, 7) is 4.56. The summed E-state index contributed by atoms with van der Waals surface area (Å²) in [5.41, 5.74) is 1.60. The summed E-state index contributed by atoms with van der Waals surface area (Å²) in [5.74, 6) is 1.38. The molecule has 0 aromatic rings. The minimum atomic E-state index is 0.681. The third-order valence-corrected chi connectivity index (χ3v) is 3.67. The Kier molecular flexibility index (Phi) is 2.14. The first kappa shape index (κ1) is 8.18. The molecule has 2 unspecified atom stereocenters. The topological polar surface area (TPSA) is 0 Å². The molecule has 1 heterocycles. The smallest absolute Gasteiger partial charge is 0.0372 e. The van der Waals surface area contributed by atoms with Crippen LogP contribution in [0.3, 0.4) is 0 Å². The van der Waals surface area contributed by atoms with E-state index in [2.05, 4.69) is 43.6 Å². The quantitative estimate of drug-likeness (QED) is 0.593. The van der Waals surface area contributed by atoms with E-state index in [0.717, 1.165) is 0 Å². The monoisotopic (exact) mass is 178 g/mol. The maximum Gasteiger partial charge on any atom is 0.0372 e. The Bertz CT molecular complexity index is 258. The molecule has 0 nitrogen and oxygen atoms in total. The van der Waals surface area contributed by atoms with Crippen LogP contribution in [0.1, 0.15) is 13.8 Å². The number of rotatable bonds is 1. The first-order valence-electron chi connectivity index (χ1n) is 4.49. The zero-order chi connectivity index (χ0) is 8.55. The van der Waals surface area contributed by atoms with Crippen molar-refractivity contribution < 1.29 is 0 Å². The second kappa shape index (κ2) is 3.14. The van der Waals surface area contributed by atoms with Crippen LogP contribution in [0.25, 0.3) is 0 Å². The molecule has 12 heavy (non-hydrogen) atoms. The van der Waals surface area contributed by atoms with Crippen LogP contribution in [0.4, 0.5) is 0 Å². The molecule has 0 aromatic carbocycles. The second-order valence-corrected chi connectivity index (χ2v) is 4.72. The van der Waals surface area contributed by atoms with Crippen molar-refractivity contribution in [3.63, 3.8) is 0 Å². The van der Waals surface area contributed by atoms with Gasteiger partial charge in [-0.15, -0.1) is 11.8 Å². The summed E-state index contributed by atoms with van der Waals surface area (Å²) in [6, 6.07) is 0. The molecule has 0 radical (unpaired) electrons. The Balaban J connectivity index is 2.20. The van der Waals surface area contributed by atoms with Gasteiger partial charge in [-0.25, -0.2) is 0 Å². The highest BCUT2D eigenvalue weighted by molar-refractivity contribution is 8.03. The van der Waals surface area contributed by atoms with Gasteiger partial charge in [0, 0.05) is 11.2 Å². The number of fused-ring (bicyclic) bond motifs is 1. The van der Waals surface area contributed by atoms with Crippen LogP contribution < -0.4 is 0 Å². The van der Waals surface area contributed by atoms with E-state index in [-0.39, 0.29) is 0 Å². The molecule has 1 aliphatic carbocycles. The predicted molar refractivity (Wildman–Crippen MR) is 56.1 cm³/mol. The fourth-order valence-corrected chi connectivity index (χ4v) is 3.12. The standard InChI is InChI=1S/C11H14S/c1-8(2)10-7-12-11-6-4-3-5-9(10)11/h3-9,11H,1-2H3. The zero-order valence-corrected chi connectivity index (χ0v) is 8.34. The van der Waals surface area contributed by atoms with Gasteiger partial charge in [-0.2, -0.15) is 0 Å². The van der Waals surface area contributed by atoms with Crippen molar-refractivity contribution in [1.82, 2.24) is 0 Å². The normalized spacial score (nSPS) is 32.4. The van der Waals surface area contributed by atoms with Gasteiger partial charge in [-0.05, 0) is 11.3 Å². The first-order valence-corrected chi connectivity index (χ1v) is 5.43. The molecule has 0 fully saturated rings. The molecule has 2 aliphatic rings. The third-order valence-electron chi connectivity index (χ3n) is 2.50. The van der Waals surface area contributed by atoms with Crippen LogP contribution in [-0.2, 0) is 0 Å². The van der Waals surface area contributed by atoms with E-state index in [1.807, 2.05) is 11.8 Å². The molecule has 64 valence electrons. The lowest BCUT2D eigenvalue weighted by molar-refractivity contribution is 0.650. The molecular formula is C11H14S. The molecule has 0 saturated carbocycles. The van der Waals surface area contributed by atoms with Crippen LogP contribution in [-0.4, -0.2) is 5.25 Å². The van der Waals surface area contributed by atoms with Gasteiger partial charge < -0.3 is 0 Å². The molecule has 0 spiro atoms. The van der Waals surface area contributed by atoms with E-state index in [1.165, 1.54) is 0 Å². The molecule has 0 bridgehead atoms. The number of hydrogen-bond acceptors (Lipinski definition) is 1. The highest BCUT2D eigenvalue weighted by Gasteiger charge is 2.28. The van der Waals surface area contributed by atoms with Gasteiger partial charge in [0.1, 0.15) is 0 Å². The van der Waals surface area contributed by atoms with Crippen molar-refractivity contribution in [3.05, 3.63) is 35.3 Å². The van der Waals surface area contributed by atoms with E-state index in [1.54, 1.807) is 5.57 Å². The molecule has 2 rings (SSSR count). The molecule has 0 saturated heterocycles. The molecule has 2 atom stereocenters. The molecule has 0 aromatic heterocycles. The van der Waals surface area contributed by atoms with Gasteiger partial charge in [0.2, 0.25) is 0 Å². The Hall–Kier alpha value is -0.430. The Labute approximate surface area is 78.4 Å². The number of hydrogen-bond donors (Lipinski definition) is 0. The van der Waals surface area contributed by atoms with Crippen molar-refractivity contribution in [1.29, 1.82) is 0 Å². The molecule has 1 heteroatoms. The van der Waals surface area contributed by atoms with Gasteiger partial charge in [-0.1, -0.05) is 43.7 Å². The number of thioether (sulfide) groups is 1. The van der Waals surface area contributed by atoms with E-state index in [4.69, 9.17) is 0 Å².